The van der Waals surface area contributed by atoms with Gasteiger partial charge in [0.15, 0.2) is 5.16 Å². The zero-order valence-corrected chi connectivity index (χ0v) is 13.8. The molecule has 0 unspecified atom stereocenters. The van der Waals surface area contributed by atoms with Crippen LogP contribution in [0.15, 0.2) is 23.4 Å². The third-order valence-electron chi connectivity index (χ3n) is 3.23. The number of aryl methyl sites for hydroxylation is 1. The fourth-order valence-electron chi connectivity index (χ4n) is 2.11. The molecule has 0 aliphatic rings. The van der Waals surface area contributed by atoms with E-state index in [1.54, 1.807) is 11.8 Å². The number of hydrogen-bond donors (Lipinski definition) is 2. The highest BCUT2D eigenvalue weighted by atomic mass is 32.2. The summed E-state index contributed by atoms with van der Waals surface area (Å²) in [5, 5.41) is 4.47. The first kappa shape index (κ1) is 16.3. The van der Waals surface area contributed by atoms with Crippen molar-refractivity contribution < 1.29 is 4.74 Å². The minimum Gasteiger partial charge on any atom is -0.382 e. The van der Waals surface area contributed by atoms with Gasteiger partial charge in [-0.15, -0.1) is 0 Å². The maximum Gasteiger partial charge on any atom is 0.166 e. The number of hydrogen-bond acceptors (Lipinski definition) is 4. The number of nitrogens with zero attached hydrogens (tertiary/aromatic N) is 1. The molecule has 2 N–H and O–H groups in total. The monoisotopic (exact) mass is 307 g/mol. The Labute approximate surface area is 131 Å². The Balaban J connectivity index is 1.59. The van der Waals surface area contributed by atoms with Gasteiger partial charge < -0.3 is 15.0 Å². The molecule has 1 heterocycles. The van der Waals surface area contributed by atoms with E-state index in [1.807, 2.05) is 6.92 Å². The van der Waals surface area contributed by atoms with Crippen molar-refractivity contribution >= 4 is 22.8 Å². The molecule has 116 valence electrons. The Morgan fingerprint density at radius 1 is 1.29 bits per heavy atom. The highest BCUT2D eigenvalue weighted by Crippen LogP contribution is 2.19. The van der Waals surface area contributed by atoms with E-state index in [0.29, 0.717) is 0 Å². The van der Waals surface area contributed by atoms with Crippen LogP contribution in [0.4, 0.5) is 0 Å². The minimum atomic E-state index is 0.821. The minimum absolute atomic E-state index is 0.821. The van der Waals surface area contributed by atoms with E-state index >= 15 is 0 Å². The van der Waals surface area contributed by atoms with Gasteiger partial charge in [0.05, 0.1) is 11.0 Å². The van der Waals surface area contributed by atoms with Crippen LogP contribution in [0.3, 0.4) is 0 Å². The first-order chi connectivity index (χ1) is 10.3. The molecule has 0 saturated carbocycles. The number of rotatable bonds is 10. The first-order valence-electron chi connectivity index (χ1n) is 7.67. The van der Waals surface area contributed by atoms with Gasteiger partial charge >= 0.3 is 0 Å². The highest BCUT2D eigenvalue weighted by molar-refractivity contribution is 7.99. The molecular weight excluding hydrogens is 282 g/mol. The lowest BCUT2D eigenvalue weighted by Gasteiger charge is -2.04. The smallest absolute Gasteiger partial charge is 0.166 e. The van der Waals surface area contributed by atoms with Crippen LogP contribution in [0.25, 0.3) is 11.0 Å². The van der Waals surface area contributed by atoms with Gasteiger partial charge in [-0.05, 0) is 50.9 Å². The van der Waals surface area contributed by atoms with E-state index in [4.69, 9.17) is 4.74 Å². The number of nitrogens with one attached hydrogen (secondary N) is 2. The van der Waals surface area contributed by atoms with Crippen LogP contribution in [-0.2, 0) is 4.74 Å². The molecule has 0 spiro atoms. The van der Waals surface area contributed by atoms with Gasteiger partial charge in [0.2, 0.25) is 0 Å². The van der Waals surface area contributed by atoms with Crippen molar-refractivity contribution in [3.05, 3.63) is 23.8 Å². The predicted octanol–water partition coefficient (Wildman–Crippen LogP) is 3.37. The second-order valence-electron chi connectivity index (χ2n) is 5.07. The van der Waals surface area contributed by atoms with E-state index in [1.165, 1.54) is 12.0 Å². The number of unbranched alkanes of at least 4 members (excludes halogenated alkanes) is 1. The van der Waals surface area contributed by atoms with Gasteiger partial charge in [-0.2, -0.15) is 0 Å². The number of ether oxygens (including phenoxy) is 1. The second-order valence-corrected chi connectivity index (χ2v) is 6.15. The van der Waals surface area contributed by atoms with Crippen LogP contribution in [0, 0.1) is 6.92 Å². The molecule has 0 saturated heterocycles. The quantitative estimate of drug-likeness (QED) is 0.522. The third kappa shape index (κ3) is 5.69. The molecule has 1 aromatic carbocycles. The molecule has 4 nitrogen and oxygen atoms in total. The average Bonchev–Trinajstić information content (AvgIpc) is 2.87. The summed E-state index contributed by atoms with van der Waals surface area (Å²) in [6, 6.07) is 6.31. The largest absolute Gasteiger partial charge is 0.382 e. The fourth-order valence-corrected chi connectivity index (χ4v) is 2.90. The van der Waals surface area contributed by atoms with Gasteiger partial charge in [-0.25, -0.2) is 4.98 Å². The predicted molar refractivity (Wildman–Crippen MR) is 90.2 cm³/mol. The average molecular weight is 307 g/mol. The van der Waals surface area contributed by atoms with Crippen LogP contribution in [0.1, 0.15) is 25.3 Å². The molecule has 0 aliphatic carbocycles. The Kier molecular flexibility index (Phi) is 7.06. The summed E-state index contributed by atoms with van der Waals surface area (Å²) >= 11 is 1.77. The van der Waals surface area contributed by atoms with Crippen molar-refractivity contribution in [3.63, 3.8) is 0 Å². The number of imidazole rings is 1. The van der Waals surface area contributed by atoms with E-state index < -0.39 is 0 Å². The summed E-state index contributed by atoms with van der Waals surface area (Å²) in [6.07, 6.45) is 2.31. The maximum absolute atomic E-state index is 5.31. The Morgan fingerprint density at radius 2 is 2.19 bits per heavy atom. The lowest BCUT2D eigenvalue weighted by Crippen LogP contribution is -2.18. The van der Waals surface area contributed by atoms with Crippen LogP contribution in [-0.4, -0.2) is 42.0 Å². The Hall–Kier alpha value is -1.04. The molecule has 0 bridgehead atoms. The lowest BCUT2D eigenvalue weighted by molar-refractivity contribution is 0.143. The highest BCUT2D eigenvalue weighted by Gasteiger charge is 2.02. The normalized spacial score (nSPS) is 11.3. The van der Waals surface area contributed by atoms with Crippen LogP contribution in [0.2, 0.25) is 0 Å². The number of H-pyrrole nitrogens is 1. The molecule has 2 rings (SSSR count). The van der Waals surface area contributed by atoms with Crippen molar-refractivity contribution in [1.82, 2.24) is 15.3 Å². The van der Waals surface area contributed by atoms with Crippen molar-refractivity contribution in [2.75, 3.05) is 32.1 Å². The molecular formula is C16H25N3OS. The molecule has 0 radical (unpaired) electrons. The van der Waals surface area contributed by atoms with Crippen LogP contribution < -0.4 is 5.32 Å². The lowest BCUT2D eigenvalue weighted by atomic mass is 10.2. The Bertz CT molecular complexity index is 541. The SMILES string of the molecule is CCOCCCCNCCSc1nc2ccc(C)cc2[nH]1. The van der Waals surface area contributed by atoms with Gasteiger partial charge in [0.1, 0.15) is 0 Å². The standard InChI is InChI=1S/C16H25N3OS/c1-3-20-10-5-4-8-17-9-11-21-16-18-14-7-6-13(2)12-15(14)19-16/h6-7,12,17H,3-5,8-11H2,1-2H3,(H,18,19). The molecule has 2 aromatic rings. The summed E-state index contributed by atoms with van der Waals surface area (Å²) in [7, 11) is 0. The molecule has 0 aliphatic heterocycles. The second kappa shape index (κ2) is 9.07. The zero-order chi connectivity index (χ0) is 14.9. The Morgan fingerprint density at radius 3 is 3.05 bits per heavy atom. The van der Waals surface area contributed by atoms with Gasteiger partial charge in [-0.3, -0.25) is 0 Å². The van der Waals surface area contributed by atoms with Crippen molar-refractivity contribution in [3.8, 4) is 0 Å². The van der Waals surface area contributed by atoms with E-state index in [-0.39, 0.29) is 0 Å². The van der Waals surface area contributed by atoms with Crippen molar-refractivity contribution in [2.24, 2.45) is 0 Å². The van der Waals surface area contributed by atoms with Crippen LogP contribution >= 0.6 is 11.8 Å². The number of thioether (sulfide) groups is 1. The van der Waals surface area contributed by atoms with E-state index in [9.17, 15) is 0 Å². The van der Waals surface area contributed by atoms with Gasteiger partial charge in [-0.1, -0.05) is 17.8 Å². The number of benzene rings is 1. The summed E-state index contributed by atoms with van der Waals surface area (Å²) in [6.45, 7) is 7.91. The van der Waals surface area contributed by atoms with Gasteiger partial charge in [0, 0.05) is 25.5 Å². The van der Waals surface area contributed by atoms with Crippen LogP contribution in [0.5, 0.6) is 0 Å². The molecule has 0 atom stereocenters. The van der Waals surface area contributed by atoms with Crippen molar-refractivity contribution in [2.45, 2.75) is 31.8 Å². The number of aromatic nitrogens is 2. The molecule has 21 heavy (non-hydrogen) atoms. The number of aromatic amines is 1. The third-order valence-corrected chi connectivity index (χ3v) is 4.10. The summed E-state index contributed by atoms with van der Waals surface area (Å²) < 4.78 is 5.31. The summed E-state index contributed by atoms with van der Waals surface area (Å²) in [5.41, 5.74) is 3.43. The van der Waals surface area contributed by atoms with Crippen molar-refractivity contribution in [1.29, 1.82) is 0 Å². The summed E-state index contributed by atoms with van der Waals surface area (Å²) in [4.78, 5) is 7.95. The molecule has 5 heteroatoms. The van der Waals surface area contributed by atoms with Gasteiger partial charge in [0.25, 0.3) is 0 Å². The number of fused-ring (bicyclic) bond motifs is 1. The molecule has 0 fully saturated rings. The summed E-state index contributed by atoms with van der Waals surface area (Å²) in [5.74, 6) is 1.03. The maximum atomic E-state index is 5.31. The van der Waals surface area contributed by atoms with E-state index in [0.717, 1.165) is 54.7 Å². The topological polar surface area (TPSA) is 49.9 Å². The fraction of sp³-hybridized carbons (Fsp3) is 0.562. The van der Waals surface area contributed by atoms with E-state index in [2.05, 4.69) is 40.4 Å². The molecule has 0 amide bonds. The first-order valence-corrected chi connectivity index (χ1v) is 8.66. The zero-order valence-electron chi connectivity index (χ0n) is 12.9. The molecule has 1 aromatic heterocycles.